The van der Waals surface area contributed by atoms with Gasteiger partial charge in [-0.3, -0.25) is 4.79 Å². The van der Waals surface area contributed by atoms with Gasteiger partial charge in [0.25, 0.3) is 0 Å². The molecule has 0 saturated heterocycles. The normalized spacial score (nSPS) is 22.4. The number of halogens is 1. The van der Waals surface area contributed by atoms with Crippen LogP contribution in [0.3, 0.4) is 0 Å². The number of nitrogens with two attached hydrogens (primary N) is 1. The molecule has 3 N–H and O–H groups in total. The van der Waals surface area contributed by atoms with Crippen LogP contribution in [0.4, 0.5) is 0 Å². The Kier molecular flexibility index (Phi) is 3.06. The van der Waals surface area contributed by atoms with E-state index in [0.29, 0.717) is 6.54 Å². The van der Waals surface area contributed by atoms with E-state index in [1.807, 2.05) is 12.1 Å². The Balaban J connectivity index is 1.69. The van der Waals surface area contributed by atoms with Gasteiger partial charge in [-0.05, 0) is 43.4 Å². The molecule has 1 aromatic rings. The molecule has 0 aromatic heterocycles. The van der Waals surface area contributed by atoms with Crippen LogP contribution in [0.1, 0.15) is 37.7 Å². The molecule has 0 heterocycles. The third-order valence-electron chi connectivity index (χ3n) is 4.60. The molecule has 3 rings (SSSR count). The van der Waals surface area contributed by atoms with Gasteiger partial charge in [-0.15, -0.1) is 0 Å². The summed E-state index contributed by atoms with van der Waals surface area (Å²) in [5.41, 5.74) is 6.69. The summed E-state index contributed by atoms with van der Waals surface area (Å²) in [5, 5.41) is 3.80. The summed E-state index contributed by atoms with van der Waals surface area (Å²) in [5.74, 6) is 0.00717. The minimum Gasteiger partial charge on any atom is -0.354 e. The topological polar surface area (TPSA) is 55.1 Å². The highest BCUT2D eigenvalue weighted by Crippen LogP contribution is 2.43. The van der Waals surface area contributed by atoms with Crippen LogP contribution in [-0.4, -0.2) is 18.0 Å². The lowest BCUT2D eigenvalue weighted by atomic mass is 9.64. The lowest BCUT2D eigenvalue weighted by Crippen LogP contribution is -2.50. The number of amides is 1. The molecule has 1 aromatic carbocycles. The Labute approximate surface area is 118 Å². The first-order valence-corrected chi connectivity index (χ1v) is 7.25. The molecule has 2 aliphatic carbocycles. The second-order valence-corrected chi connectivity index (χ2v) is 6.42. The molecule has 0 aliphatic heterocycles. The molecule has 1 amide bonds. The molecule has 3 nitrogen and oxygen atoms in total. The van der Waals surface area contributed by atoms with Gasteiger partial charge in [0.05, 0.1) is 5.54 Å². The standard InChI is InChI=1S/C15H19ClN2O/c16-12-4-2-11(3-5-12)14(6-1-7-14)10-18-13(19)15(17)8-9-15/h2-5H,1,6-10,17H2,(H,18,19). The first-order valence-electron chi connectivity index (χ1n) is 6.87. The monoisotopic (exact) mass is 278 g/mol. The number of carbonyl (C=O) groups is 1. The molecule has 0 unspecified atom stereocenters. The first kappa shape index (κ1) is 12.9. The molecule has 2 aliphatic rings. The van der Waals surface area contributed by atoms with Gasteiger partial charge in [-0.25, -0.2) is 0 Å². The second kappa shape index (κ2) is 4.50. The van der Waals surface area contributed by atoms with E-state index in [0.717, 1.165) is 30.7 Å². The molecule has 2 fully saturated rings. The smallest absolute Gasteiger partial charge is 0.240 e. The molecule has 4 heteroatoms. The summed E-state index contributed by atoms with van der Waals surface area (Å²) in [6.45, 7) is 0.687. The van der Waals surface area contributed by atoms with Gasteiger partial charge < -0.3 is 11.1 Å². The van der Waals surface area contributed by atoms with Crippen molar-refractivity contribution in [2.75, 3.05) is 6.54 Å². The van der Waals surface area contributed by atoms with Crippen LogP contribution in [0.2, 0.25) is 5.02 Å². The van der Waals surface area contributed by atoms with Crippen molar-refractivity contribution < 1.29 is 4.79 Å². The number of nitrogens with one attached hydrogen (secondary N) is 1. The van der Waals surface area contributed by atoms with Crippen molar-refractivity contribution in [2.24, 2.45) is 5.73 Å². The number of rotatable bonds is 4. The van der Waals surface area contributed by atoms with E-state index < -0.39 is 5.54 Å². The van der Waals surface area contributed by atoms with Crippen molar-refractivity contribution in [1.82, 2.24) is 5.32 Å². The van der Waals surface area contributed by atoms with Gasteiger partial charge in [-0.1, -0.05) is 30.2 Å². The molecular weight excluding hydrogens is 260 g/mol. The van der Waals surface area contributed by atoms with Crippen molar-refractivity contribution >= 4 is 17.5 Å². The molecule has 2 saturated carbocycles. The van der Waals surface area contributed by atoms with E-state index in [2.05, 4.69) is 17.4 Å². The number of carbonyl (C=O) groups excluding carboxylic acids is 1. The molecule has 19 heavy (non-hydrogen) atoms. The highest BCUT2D eigenvalue weighted by Gasteiger charge is 2.47. The lowest BCUT2D eigenvalue weighted by Gasteiger charge is -2.43. The van der Waals surface area contributed by atoms with E-state index in [1.165, 1.54) is 12.0 Å². The van der Waals surface area contributed by atoms with Gasteiger partial charge >= 0.3 is 0 Å². The van der Waals surface area contributed by atoms with Crippen LogP contribution in [0.25, 0.3) is 0 Å². The molecule has 0 radical (unpaired) electrons. The summed E-state index contributed by atoms with van der Waals surface area (Å²) in [7, 11) is 0. The first-order chi connectivity index (χ1) is 9.04. The lowest BCUT2D eigenvalue weighted by molar-refractivity contribution is -0.123. The van der Waals surface area contributed by atoms with Crippen LogP contribution >= 0.6 is 11.6 Å². The van der Waals surface area contributed by atoms with Crippen LogP contribution in [0, 0.1) is 0 Å². The van der Waals surface area contributed by atoms with Crippen LogP contribution in [0.15, 0.2) is 24.3 Å². The van der Waals surface area contributed by atoms with Crippen molar-refractivity contribution in [3.05, 3.63) is 34.9 Å². The maximum absolute atomic E-state index is 11.9. The molecule has 0 bridgehead atoms. The van der Waals surface area contributed by atoms with Crippen molar-refractivity contribution in [3.8, 4) is 0 Å². The van der Waals surface area contributed by atoms with E-state index in [9.17, 15) is 4.79 Å². The second-order valence-electron chi connectivity index (χ2n) is 5.98. The largest absolute Gasteiger partial charge is 0.354 e. The minimum absolute atomic E-state index is 0.00717. The summed E-state index contributed by atoms with van der Waals surface area (Å²) in [4.78, 5) is 11.9. The zero-order valence-corrected chi connectivity index (χ0v) is 11.7. The van der Waals surface area contributed by atoms with Gasteiger partial charge in [0.15, 0.2) is 0 Å². The van der Waals surface area contributed by atoms with Crippen LogP contribution < -0.4 is 11.1 Å². The van der Waals surface area contributed by atoms with Crippen LogP contribution in [0.5, 0.6) is 0 Å². The number of benzene rings is 1. The third kappa shape index (κ3) is 2.37. The molecule has 102 valence electrons. The maximum Gasteiger partial charge on any atom is 0.240 e. The zero-order chi connectivity index (χ0) is 13.5. The van der Waals surface area contributed by atoms with E-state index in [-0.39, 0.29) is 11.3 Å². The maximum atomic E-state index is 11.9. The predicted molar refractivity (Wildman–Crippen MR) is 76.1 cm³/mol. The quantitative estimate of drug-likeness (QED) is 0.888. The molecule has 0 atom stereocenters. The average molecular weight is 279 g/mol. The Bertz CT molecular complexity index is 489. The molecule has 0 spiro atoms. The highest BCUT2D eigenvalue weighted by molar-refractivity contribution is 6.30. The van der Waals surface area contributed by atoms with Crippen molar-refractivity contribution in [1.29, 1.82) is 0 Å². The molecular formula is C15H19ClN2O. The van der Waals surface area contributed by atoms with Gasteiger partial charge in [0, 0.05) is 17.0 Å². The fourth-order valence-electron chi connectivity index (χ4n) is 2.76. The number of hydrogen-bond donors (Lipinski definition) is 2. The van der Waals surface area contributed by atoms with Gasteiger partial charge in [0.2, 0.25) is 5.91 Å². The van der Waals surface area contributed by atoms with Crippen molar-refractivity contribution in [2.45, 2.75) is 43.1 Å². The Morgan fingerprint density at radius 2 is 1.84 bits per heavy atom. The summed E-state index contributed by atoms with van der Waals surface area (Å²) >= 11 is 5.93. The summed E-state index contributed by atoms with van der Waals surface area (Å²) in [6.07, 6.45) is 5.07. The summed E-state index contributed by atoms with van der Waals surface area (Å²) in [6, 6.07) is 7.99. The predicted octanol–water partition coefficient (Wildman–Crippen LogP) is 2.37. The highest BCUT2D eigenvalue weighted by atomic mass is 35.5. The van der Waals surface area contributed by atoms with Gasteiger partial charge in [-0.2, -0.15) is 0 Å². The van der Waals surface area contributed by atoms with E-state index in [1.54, 1.807) is 0 Å². The number of hydrogen-bond acceptors (Lipinski definition) is 2. The SMILES string of the molecule is NC1(C(=O)NCC2(c3ccc(Cl)cc3)CCC2)CC1. The fraction of sp³-hybridized carbons (Fsp3) is 0.533. The van der Waals surface area contributed by atoms with E-state index >= 15 is 0 Å². The zero-order valence-electron chi connectivity index (χ0n) is 10.9. The summed E-state index contributed by atoms with van der Waals surface area (Å²) < 4.78 is 0. The van der Waals surface area contributed by atoms with Gasteiger partial charge in [0.1, 0.15) is 0 Å². The third-order valence-corrected chi connectivity index (χ3v) is 4.85. The Morgan fingerprint density at radius 3 is 2.32 bits per heavy atom. The minimum atomic E-state index is -0.578. The average Bonchev–Trinajstić information content (AvgIpc) is 3.09. The fourth-order valence-corrected chi connectivity index (χ4v) is 2.89. The Hall–Kier alpha value is -1.06. The van der Waals surface area contributed by atoms with E-state index in [4.69, 9.17) is 17.3 Å². The van der Waals surface area contributed by atoms with Crippen LogP contribution in [-0.2, 0) is 10.2 Å². The Morgan fingerprint density at radius 1 is 1.21 bits per heavy atom. The van der Waals surface area contributed by atoms with Crippen molar-refractivity contribution in [3.63, 3.8) is 0 Å².